The van der Waals surface area contributed by atoms with Gasteiger partial charge in [-0.25, -0.2) is 0 Å². The molecule has 0 aliphatic rings. The quantitative estimate of drug-likeness (QED) is 0.0299. The molecular weight excluding hydrogens is 1050 g/mol. The van der Waals surface area contributed by atoms with Crippen molar-refractivity contribution in [1.82, 2.24) is 0 Å². The Morgan fingerprint density at radius 2 is 0.514 bits per heavy atom. The van der Waals surface area contributed by atoms with Crippen LogP contribution in [0.2, 0.25) is 0 Å². The highest BCUT2D eigenvalue weighted by Gasteiger charge is 2.21. The summed E-state index contributed by atoms with van der Waals surface area (Å²) in [5.74, 6) is 0. The molecule has 364 valence electrons. The summed E-state index contributed by atoms with van der Waals surface area (Å²) in [7, 11) is -29.2. The second-order valence-electron chi connectivity index (χ2n) is 13.7. The molecule has 0 saturated carbocycles. The van der Waals surface area contributed by atoms with E-state index in [0.29, 0.717) is 0 Å². The minimum absolute atomic E-state index is 0.0907. The molecule has 0 aromatic heterocycles. The maximum atomic E-state index is 12.5. The maximum Gasteiger partial charge on any atom is 0.296 e. The zero-order valence-corrected chi connectivity index (χ0v) is 39.2. The number of hydrogen-bond acceptors (Lipinski definition) is 20. The molecule has 0 bridgehead atoms. The van der Waals surface area contributed by atoms with Gasteiger partial charge in [-0.1, -0.05) is 24.3 Å². The molecule has 26 nitrogen and oxygen atoms in total. The molecule has 32 heteroatoms. The summed E-state index contributed by atoms with van der Waals surface area (Å²) in [4.78, 5) is -4.12. The summed E-state index contributed by atoms with van der Waals surface area (Å²) in [6.07, 6.45) is 2.04. The molecule has 6 aromatic carbocycles. The molecule has 0 radical (unpaired) electrons. The minimum atomic E-state index is -5.08. The van der Waals surface area contributed by atoms with E-state index in [4.69, 9.17) is 9.11 Å². The van der Waals surface area contributed by atoms with Crippen molar-refractivity contribution in [3.05, 3.63) is 132 Å². The predicted molar refractivity (Wildman–Crippen MR) is 243 cm³/mol. The van der Waals surface area contributed by atoms with Crippen LogP contribution in [0.1, 0.15) is 11.1 Å². The molecule has 6 rings (SSSR count). The van der Waals surface area contributed by atoms with E-state index in [1.165, 1.54) is 36.4 Å². The Bertz CT molecular complexity index is 3670. The lowest BCUT2D eigenvalue weighted by atomic mass is 10.1. The summed E-state index contributed by atoms with van der Waals surface area (Å²) < 4.78 is 202. The van der Waals surface area contributed by atoms with Crippen LogP contribution in [-0.4, -0.2) is 77.8 Å². The number of nitrogens with zero attached hydrogens (tertiary/aromatic N) is 8. The molecule has 70 heavy (non-hydrogen) atoms. The molecule has 0 aliphatic heterocycles. The standard InChI is InChI=1S/C38H28N8O18S6/c47-65(48,49)31-13-7-25(8-14-31)39-41-29-11-17-33(37(21-29)69(59,60)61)45-43-27-5-3-23(35(19-27)67(53,54)55)1-2-24-4-6-28(20-36(24)68(56,57)58)44-46-34-18-12-30(22-38(34)70(62,63)64)42-40-26-9-15-32(16-10-26)66(50,51)52/h1-22H,(H,47,48,49)(H,50,51,52)(H,53,54,55)(H,56,57,58)(H,59,60,61)(H,62,63,64). The monoisotopic (exact) mass is 1080 g/mol. The molecular formula is C38H28N8O18S6. The van der Waals surface area contributed by atoms with Gasteiger partial charge in [0, 0.05) is 0 Å². The van der Waals surface area contributed by atoms with Gasteiger partial charge in [-0.2, -0.15) is 81.2 Å². The van der Waals surface area contributed by atoms with Crippen LogP contribution in [-0.2, 0) is 60.7 Å². The van der Waals surface area contributed by atoms with Crippen molar-refractivity contribution in [2.24, 2.45) is 40.9 Å². The normalized spacial score (nSPS) is 13.4. The van der Waals surface area contributed by atoms with Gasteiger partial charge in [0.2, 0.25) is 0 Å². The van der Waals surface area contributed by atoms with E-state index >= 15 is 0 Å². The molecule has 0 aliphatic carbocycles. The highest BCUT2D eigenvalue weighted by Crippen LogP contribution is 2.35. The summed E-state index contributed by atoms with van der Waals surface area (Å²) in [6.45, 7) is 0. The second-order valence-corrected chi connectivity index (χ2v) is 22.1. The SMILES string of the molecule is O=S(=O)(O)c1ccc(N=Nc2ccc(N=Nc3ccc(C=Cc4ccc(N=Nc5ccc(N=Nc6ccc(S(=O)(=O)O)cc6)cc5S(=O)(=O)O)cc4S(=O)(=O)O)c(S(=O)(=O)O)c3)c(S(=O)(=O)O)c2)cc1. The fourth-order valence-corrected chi connectivity index (χ4v) is 9.26. The topological polar surface area (TPSA) is 425 Å². The molecule has 0 amide bonds. The van der Waals surface area contributed by atoms with Crippen LogP contribution in [0, 0.1) is 0 Å². The van der Waals surface area contributed by atoms with Crippen molar-refractivity contribution >= 4 is 118 Å². The Kier molecular flexibility index (Phi) is 15.0. The summed E-state index contributed by atoms with van der Waals surface area (Å²) in [5.41, 5.74) is -2.18. The van der Waals surface area contributed by atoms with Crippen LogP contribution in [0.4, 0.5) is 45.5 Å². The Labute approximate surface area is 396 Å². The number of azo groups is 4. The first-order valence-corrected chi connectivity index (χ1v) is 27.1. The van der Waals surface area contributed by atoms with Gasteiger partial charge in [0.05, 0.1) is 43.9 Å². The van der Waals surface area contributed by atoms with Crippen molar-refractivity contribution in [3.63, 3.8) is 0 Å². The Morgan fingerprint density at radius 3 is 0.800 bits per heavy atom. The fourth-order valence-electron chi connectivity index (χ4n) is 5.60. The van der Waals surface area contributed by atoms with Crippen LogP contribution in [0.5, 0.6) is 0 Å². The van der Waals surface area contributed by atoms with E-state index in [2.05, 4.69) is 40.9 Å². The fraction of sp³-hybridized carbons (Fsp3) is 0. The van der Waals surface area contributed by atoms with Crippen LogP contribution in [0.3, 0.4) is 0 Å². The van der Waals surface area contributed by atoms with E-state index in [9.17, 15) is 68.7 Å². The Balaban J connectivity index is 1.24. The van der Waals surface area contributed by atoms with Crippen LogP contribution in [0.25, 0.3) is 12.2 Å². The Hall–Kier alpha value is -7.08. The average molecular weight is 1080 g/mol. The second kappa shape index (κ2) is 20.1. The molecule has 0 fully saturated rings. The van der Waals surface area contributed by atoms with Gasteiger partial charge in [0.25, 0.3) is 60.7 Å². The number of rotatable bonds is 16. The summed E-state index contributed by atoms with van der Waals surface area (Å²) in [6, 6.07) is 21.2. The zero-order chi connectivity index (χ0) is 51.5. The van der Waals surface area contributed by atoms with Gasteiger partial charge in [-0.3, -0.25) is 27.3 Å². The summed E-state index contributed by atoms with van der Waals surface area (Å²) >= 11 is 0. The number of hydrogen-bond donors (Lipinski definition) is 6. The maximum absolute atomic E-state index is 12.5. The van der Waals surface area contributed by atoms with Gasteiger partial charge in [-0.05, 0) is 120 Å². The van der Waals surface area contributed by atoms with Gasteiger partial charge >= 0.3 is 0 Å². The first-order chi connectivity index (χ1) is 32.4. The third-order valence-electron chi connectivity index (χ3n) is 8.81. The summed E-state index contributed by atoms with van der Waals surface area (Å²) in [5, 5.41) is 30.4. The molecule has 6 N–H and O–H groups in total. The predicted octanol–water partition coefficient (Wildman–Crippen LogP) is 9.00. The van der Waals surface area contributed by atoms with Gasteiger partial charge in [0.15, 0.2) is 0 Å². The Morgan fingerprint density at radius 1 is 0.271 bits per heavy atom. The van der Waals surface area contributed by atoms with E-state index in [0.717, 1.165) is 97.1 Å². The third-order valence-corrected chi connectivity index (χ3v) is 14.1. The molecule has 0 saturated heterocycles. The first-order valence-electron chi connectivity index (χ1n) is 18.4. The number of benzene rings is 6. The minimum Gasteiger partial charge on any atom is -0.282 e. The van der Waals surface area contributed by atoms with Crippen molar-refractivity contribution in [3.8, 4) is 0 Å². The molecule has 0 unspecified atom stereocenters. The van der Waals surface area contributed by atoms with Crippen LogP contribution >= 0.6 is 0 Å². The molecule has 0 heterocycles. The van der Waals surface area contributed by atoms with Gasteiger partial charge < -0.3 is 0 Å². The van der Waals surface area contributed by atoms with Crippen molar-refractivity contribution in [1.29, 1.82) is 0 Å². The van der Waals surface area contributed by atoms with E-state index in [1.54, 1.807) is 0 Å². The van der Waals surface area contributed by atoms with Crippen molar-refractivity contribution in [2.75, 3.05) is 0 Å². The van der Waals surface area contributed by atoms with Gasteiger partial charge in [0.1, 0.15) is 31.0 Å². The van der Waals surface area contributed by atoms with Gasteiger partial charge in [-0.15, -0.1) is 10.2 Å². The average Bonchev–Trinajstić information content (AvgIpc) is 3.27. The lowest BCUT2D eigenvalue weighted by Crippen LogP contribution is -2.01. The van der Waals surface area contributed by atoms with E-state index in [1.807, 2.05) is 0 Å². The van der Waals surface area contributed by atoms with E-state index < -0.39 is 101 Å². The van der Waals surface area contributed by atoms with Crippen molar-refractivity contribution in [2.45, 2.75) is 29.4 Å². The zero-order valence-electron chi connectivity index (χ0n) is 34.3. The van der Waals surface area contributed by atoms with Crippen LogP contribution in [0.15, 0.2) is 192 Å². The molecule has 6 aromatic rings. The first kappa shape index (κ1) is 52.3. The molecule has 0 atom stereocenters. The van der Waals surface area contributed by atoms with Crippen LogP contribution < -0.4 is 0 Å². The lowest BCUT2D eigenvalue weighted by Gasteiger charge is -2.07. The van der Waals surface area contributed by atoms with Crippen molar-refractivity contribution < 1.29 is 77.8 Å². The van der Waals surface area contributed by atoms with E-state index in [-0.39, 0.29) is 45.3 Å². The molecule has 0 spiro atoms. The smallest absolute Gasteiger partial charge is 0.282 e. The third kappa shape index (κ3) is 13.8. The highest BCUT2D eigenvalue weighted by molar-refractivity contribution is 7.87. The highest BCUT2D eigenvalue weighted by atomic mass is 32.2. The lowest BCUT2D eigenvalue weighted by molar-refractivity contribution is 0.480. The largest absolute Gasteiger partial charge is 0.296 e.